The Kier molecular flexibility index (Phi) is 5.74. The third kappa shape index (κ3) is 3.96. The van der Waals surface area contributed by atoms with Crippen molar-refractivity contribution in [3.05, 3.63) is 60.9 Å². The van der Waals surface area contributed by atoms with E-state index in [-0.39, 0.29) is 5.75 Å². The van der Waals surface area contributed by atoms with Crippen LogP contribution in [0.4, 0.5) is 0 Å². The minimum absolute atomic E-state index is 0.268. The fourth-order valence-corrected chi connectivity index (χ4v) is 3.96. The SMILES string of the molecule is CC[C@H](Cn1cnc(-c2ccccc2)c1-c1cccc(O)c1)N1CCOCC1. The molecule has 1 aliphatic heterocycles. The maximum absolute atomic E-state index is 10.0. The van der Waals surface area contributed by atoms with Gasteiger partial charge in [-0.25, -0.2) is 4.98 Å². The van der Waals surface area contributed by atoms with Gasteiger partial charge in [0.15, 0.2) is 0 Å². The van der Waals surface area contributed by atoms with Crippen LogP contribution in [-0.4, -0.2) is 51.9 Å². The Balaban J connectivity index is 1.73. The van der Waals surface area contributed by atoms with Gasteiger partial charge in [0.05, 0.1) is 30.9 Å². The average Bonchev–Trinajstić information content (AvgIpc) is 3.17. The lowest BCUT2D eigenvalue weighted by molar-refractivity contribution is 0.0121. The predicted molar refractivity (Wildman–Crippen MR) is 111 cm³/mol. The molecule has 5 nitrogen and oxygen atoms in total. The van der Waals surface area contributed by atoms with Gasteiger partial charge in [-0.1, -0.05) is 49.4 Å². The van der Waals surface area contributed by atoms with E-state index in [4.69, 9.17) is 9.72 Å². The zero-order chi connectivity index (χ0) is 19.3. The molecule has 2 aromatic carbocycles. The molecule has 0 unspecified atom stereocenters. The molecular weight excluding hydrogens is 350 g/mol. The first-order chi connectivity index (χ1) is 13.8. The van der Waals surface area contributed by atoms with Gasteiger partial charge in [-0.2, -0.15) is 0 Å². The van der Waals surface area contributed by atoms with Crippen LogP contribution in [0, 0.1) is 0 Å². The van der Waals surface area contributed by atoms with E-state index in [1.165, 1.54) is 0 Å². The maximum atomic E-state index is 10.0. The Morgan fingerprint density at radius 2 is 1.79 bits per heavy atom. The van der Waals surface area contributed by atoms with Crippen molar-refractivity contribution < 1.29 is 9.84 Å². The van der Waals surface area contributed by atoms with E-state index in [1.807, 2.05) is 42.7 Å². The molecule has 146 valence electrons. The molecule has 1 aromatic heterocycles. The molecule has 0 radical (unpaired) electrons. The number of benzene rings is 2. The summed E-state index contributed by atoms with van der Waals surface area (Å²) in [4.78, 5) is 7.27. The molecule has 0 spiro atoms. The van der Waals surface area contributed by atoms with Gasteiger partial charge in [0.1, 0.15) is 5.75 Å². The number of nitrogens with zero attached hydrogens (tertiary/aromatic N) is 3. The van der Waals surface area contributed by atoms with Crippen LogP contribution in [0.1, 0.15) is 13.3 Å². The third-order valence-electron chi connectivity index (χ3n) is 5.45. The summed E-state index contributed by atoms with van der Waals surface area (Å²) in [6.45, 7) is 6.65. The molecule has 1 atom stereocenters. The number of ether oxygens (including phenoxy) is 1. The van der Waals surface area contributed by atoms with Crippen molar-refractivity contribution in [3.8, 4) is 28.3 Å². The molecule has 1 N–H and O–H groups in total. The van der Waals surface area contributed by atoms with Crippen molar-refractivity contribution in [2.45, 2.75) is 25.9 Å². The van der Waals surface area contributed by atoms with Gasteiger partial charge in [0.2, 0.25) is 0 Å². The molecule has 5 heteroatoms. The van der Waals surface area contributed by atoms with E-state index in [9.17, 15) is 5.11 Å². The molecular formula is C23H27N3O2. The van der Waals surface area contributed by atoms with E-state index in [2.05, 4.69) is 28.5 Å². The summed E-state index contributed by atoms with van der Waals surface area (Å²) in [5, 5.41) is 10.0. The van der Waals surface area contributed by atoms with Crippen LogP contribution in [-0.2, 0) is 11.3 Å². The fraction of sp³-hybridized carbons (Fsp3) is 0.348. The number of aromatic hydroxyl groups is 1. The minimum Gasteiger partial charge on any atom is -0.508 e. The average molecular weight is 377 g/mol. The number of rotatable bonds is 6. The Morgan fingerprint density at radius 1 is 1.04 bits per heavy atom. The molecule has 1 fully saturated rings. The molecule has 0 saturated carbocycles. The second-order valence-electron chi connectivity index (χ2n) is 7.22. The first-order valence-electron chi connectivity index (χ1n) is 9.98. The molecule has 1 saturated heterocycles. The van der Waals surface area contributed by atoms with E-state index in [0.29, 0.717) is 6.04 Å². The van der Waals surface area contributed by atoms with Crippen molar-refractivity contribution >= 4 is 0 Å². The van der Waals surface area contributed by atoms with Crippen molar-refractivity contribution in [1.82, 2.24) is 14.5 Å². The first kappa shape index (κ1) is 18.7. The van der Waals surface area contributed by atoms with Crippen molar-refractivity contribution in [2.75, 3.05) is 26.3 Å². The Hall–Kier alpha value is -2.63. The number of morpholine rings is 1. The lowest BCUT2D eigenvalue weighted by Crippen LogP contribution is -2.45. The Bertz CT molecular complexity index is 901. The number of phenolic OH excluding ortho intramolecular Hbond substituents is 1. The van der Waals surface area contributed by atoms with Gasteiger partial charge in [-0.15, -0.1) is 0 Å². The molecule has 0 bridgehead atoms. The smallest absolute Gasteiger partial charge is 0.116 e. The number of aromatic nitrogens is 2. The summed E-state index contributed by atoms with van der Waals surface area (Å²) in [5.41, 5.74) is 4.06. The number of hydrogen-bond donors (Lipinski definition) is 1. The number of phenols is 1. The van der Waals surface area contributed by atoms with Gasteiger partial charge in [-0.05, 0) is 18.6 Å². The van der Waals surface area contributed by atoms with Crippen LogP contribution in [0.25, 0.3) is 22.5 Å². The van der Waals surface area contributed by atoms with Gasteiger partial charge in [0.25, 0.3) is 0 Å². The lowest BCUT2D eigenvalue weighted by Gasteiger charge is -2.34. The van der Waals surface area contributed by atoms with Crippen LogP contribution < -0.4 is 0 Å². The van der Waals surface area contributed by atoms with Crippen molar-refractivity contribution in [2.24, 2.45) is 0 Å². The van der Waals surface area contributed by atoms with Crippen LogP contribution in [0.15, 0.2) is 60.9 Å². The monoisotopic (exact) mass is 377 g/mol. The van der Waals surface area contributed by atoms with E-state index in [0.717, 1.165) is 61.8 Å². The zero-order valence-corrected chi connectivity index (χ0v) is 16.3. The Labute approximate surface area is 166 Å². The summed E-state index contributed by atoms with van der Waals surface area (Å²) < 4.78 is 7.76. The standard InChI is InChI=1S/C23H27N3O2/c1-2-20(25-11-13-28-14-12-25)16-26-17-24-22(18-7-4-3-5-8-18)23(26)19-9-6-10-21(27)15-19/h3-10,15,17,20,27H,2,11-14,16H2,1H3/t20-/m1/s1. The largest absolute Gasteiger partial charge is 0.508 e. The lowest BCUT2D eigenvalue weighted by atomic mass is 10.0. The normalized spacial score (nSPS) is 16.2. The maximum Gasteiger partial charge on any atom is 0.116 e. The first-order valence-corrected chi connectivity index (χ1v) is 9.98. The fourth-order valence-electron chi connectivity index (χ4n) is 3.96. The van der Waals surface area contributed by atoms with Gasteiger partial charge < -0.3 is 14.4 Å². The van der Waals surface area contributed by atoms with E-state index >= 15 is 0 Å². The van der Waals surface area contributed by atoms with Crippen LogP contribution in [0.2, 0.25) is 0 Å². The summed E-state index contributed by atoms with van der Waals surface area (Å²) >= 11 is 0. The highest BCUT2D eigenvalue weighted by molar-refractivity contribution is 5.79. The molecule has 1 aliphatic rings. The summed E-state index contributed by atoms with van der Waals surface area (Å²) in [6.07, 6.45) is 3.00. The highest BCUT2D eigenvalue weighted by atomic mass is 16.5. The Morgan fingerprint density at radius 3 is 2.50 bits per heavy atom. The topological polar surface area (TPSA) is 50.5 Å². The second kappa shape index (κ2) is 8.59. The molecule has 28 heavy (non-hydrogen) atoms. The van der Waals surface area contributed by atoms with Crippen LogP contribution in [0.3, 0.4) is 0 Å². The van der Waals surface area contributed by atoms with Crippen LogP contribution >= 0.6 is 0 Å². The van der Waals surface area contributed by atoms with Gasteiger partial charge in [-0.3, -0.25) is 4.90 Å². The molecule has 2 heterocycles. The minimum atomic E-state index is 0.268. The summed E-state index contributed by atoms with van der Waals surface area (Å²) in [6, 6.07) is 18.1. The molecule has 4 rings (SSSR count). The third-order valence-corrected chi connectivity index (χ3v) is 5.45. The number of imidazole rings is 1. The van der Waals surface area contributed by atoms with E-state index in [1.54, 1.807) is 6.07 Å². The van der Waals surface area contributed by atoms with Crippen LogP contribution in [0.5, 0.6) is 5.75 Å². The predicted octanol–water partition coefficient (Wildman–Crippen LogP) is 4.03. The van der Waals surface area contributed by atoms with E-state index < -0.39 is 0 Å². The van der Waals surface area contributed by atoms with Crippen molar-refractivity contribution in [1.29, 1.82) is 0 Å². The molecule has 0 aliphatic carbocycles. The summed E-state index contributed by atoms with van der Waals surface area (Å²) in [7, 11) is 0. The van der Waals surface area contributed by atoms with Crippen molar-refractivity contribution in [3.63, 3.8) is 0 Å². The molecule has 3 aromatic rings. The molecule has 0 amide bonds. The highest BCUT2D eigenvalue weighted by Gasteiger charge is 2.23. The quantitative estimate of drug-likeness (QED) is 0.705. The number of hydrogen-bond acceptors (Lipinski definition) is 4. The highest BCUT2D eigenvalue weighted by Crippen LogP contribution is 2.33. The second-order valence-corrected chi connectivity index (χ2v) is 7.22. The van der Waals surface area contributed by atoms with Gasteiger partial charge in [0, 0.05) is 36.8 Å². The zero-order valence-electron chi connectivity index (χ0n) is 16.3. The summed E-state index contributed by atoms with van der Waals surface area (Å²) in [5.74, 6) is 0.268. The van der Waals surface area contributed by atoms with Gasteiger partial charge >= 0.3 is 0 Å².